The summed E-state index contributed by atoms with van der Waals surface area (Å²) in [5.41, 5.74) is 5.78. The summed E-state index contributed by atoms with van der Waals surface area (Å²) in [6.07, 6.45) is 1.05. The van der Waals surface area contributed by atoms with Gasteiger partial charge in [-0.25, -0.2) is 9.97 Å². The van der Waals surface area contributed by atoms with E-state index in [1.807, 2.05) is 20.0 Å². The largest absolute Gasteiger partial charge is 0.384 e. The van der Waals surface area contributed by atoms with E-state index in [0.717, 1.165) is 12.2 Å². The van der Waals surface area contributed by atoms with Gasteiger partial charge in [0.2, 0.25) is 0 Å². The van der Waals surface area contributed by atoms with E-state index in [0.29, 0.717) is 11.6 Å². The van der Waals surface area contributed by atoms with Gasteiger partial charge in [0.15, 0.2) is 0 Å². The summed E-state index contributed by atoms with van der Waals surface area (Å²) in [5, 5.41) is 0. The topological polar surface area (TPSA) is 55.0 Å². The molecule has 0 saturated carbocycles. The predicted octanol–water partition coefficient (Wildman–Crippen LogP) is 1.99. The van der Waals surface area contributed by atoms with Crippen molar-refractivity contribution in [3.8, 4) is 0 Å². The molecule has 0 aliphatic heterocycles. The molecular formula is C11H20N4. The van der Waals surface area contributed by atoms with Crippen LogP contribution in [-0.2, 0) is 0 Å². The average Bonchev–Trinajstić information content (AvgIpc) is 2.15. The van der Waals surface area contributed by atoms with Crippen LogP contribution in [0.3, 0.4) is 0 Å². The first-order valence-corrected chi connectivity index (χ1v) is 5.22. The summed E-state index contributed by atoms with van der Waals surface area (Å²) in [7, 11) is 2.03. The molecule has 0 fully saturated rings. The maximum absolute atomic E-state index is 5.70. The highest BCUT2D eigenvalue weighted by Crippen LogP contribution is 2.23. The zero-order chi connectivity index (χ0) is 11.6. The van der Waals surface area contributed by atoms with Crippen molar-refractivity contribution in [3.63, 3.8) is 0 Å². The Labute approximate surface area is 91.5 Å². The minimum atomic E-state index is 0.0766. The Bertz CT molecular complexity index is 326. The van der Waals surface area contributed by atoms with Gasteiger partial charge in [-0.3, -0.25) is 0 Å². The Balaban J connectivity index is 3.06. The van der Waals surface area contributed by atoms with Crippen LogP contribution in [0, 0.1) is 6.92 Å². The monoisotopic (exact) mass is 208 g/mol. The zero-order valence-corrected chi connectivity index (χ0v) is 10.2. The number of aromatic nitrogens is 2. The fourth-order valence-electron chi connectivity index (χ4n) is 1.29. The van der Waals surface area contributed by atoms with Gasteiger partial charge in [-0.15, -0.1) is 0 Å². The maximum atomic E-state index is 5.70. The first kappa shape index (κ1) is 11.8. The van der Waals surface area contributed by atoms with E-state index in [4.69, 9.17) is 5.73 Å². The number of nitrogens with zero attached hydrogens (tertiary/aromatic N) is 3. The maximum Gasteiger partial charge on any atom is 0.134 e. The molecule has 1 rings (SSSR count). The molecule has 15 heavy (non-hydrogen) atoms. The first-order valence-electron chi connectivity index (χ1n) is 5.22. The van der Waals surface area contributed by atoms with E-state index in [-0.39, 0.29) is 5.54 Å². The Kier molecular flexibility index (Phi) is 3.17. The van der Waals surface area contributed by atoms with Crippen molar-refractivity contribution in [1.29, 1.82) is 0 Å². The van der Waals surface area contributed by atoms with Gasteiger partial charge in [-0.05, 0) is 27.2 Å². The summed E-state index contributed by atoms with van der Waals surface area (Å²) in [5.74, 6) is 2.12. The number of rotatable bonds is 3. The molecule has 0 atom stereocenters. The lowest BCUT2D eigenvalue weighted by atomic mass is 10.0. The third kappa shape index (κ3) is 2.58. The SMILES string of the molecule is CCC(C)(C)N(C)c1cc(N)nc(C)n1. The molecule has 4 nitrogen and oxygen atoms in total. The number of nitrogen functional groups attached to an aromatic ring is 1. The van der Waals surface area contributed by atoms with Gasteiger partial charge in [0.1, 0.15) is 17.5 Å². The summed E-state index contributed by atoms with van der Waals surface area (Å²) >= 11 is 0. The molecule has 0 amide bonds. The standard InChI is InChI=1S/C11H20N4/c1-6-11(3,4)15(5)10-7-9(12)13-8(2)14-10/h7H,6H2,1-5H3,(H2,12,13,14). The molecule has 2 N–H and O–H groups in total. The lowest BCUT2D eigenvalue weighted by Gasteiger charge is -2.35. The predicted molar refractivity (Wildman–Crippen MR) is 64.0 cm³/mol. The first-order chi connectivity index (χ1) is 6.86. The van der Waals surface area contributed by atoms with Crippen molar-refractivity contribution < 1.29 is 0 Å². The minimum absolute atomic E-state index is 0.0766. The van der Waals surface area contributed by atoms with Crippen molar-refractivity contribution in [2.45, 2.75) is 39.7 Å². The second-order valence-corrected chi connectivity index (χ2v) is 4.42. The van der Waals surface area contributed by atoms with Crippen molar-refractivity contribution >= 4 is 11.6 Å². The third-order valence-electron chi connectivity index (χ3n) is 2.96. The molecule has 1 heterocycles. The molecule has 0 aromatic carbocycles. The van der Waals surface area contributed by atoms with E-state index in [2.05, 4.69) is 35.6 Å². The van der Waals surface area contributed by atoms with Crippen LogP contribution in [0.25, 0.3) is 0 Å². The molecule has 0 aliphatic rings. The van der Waals surface area contributed by atoms with E-state index in [1.54, 1.807) is 0 Å². The molecule has 0 radical (unpaired) electrons. The summed E-state index contributed by atoms with van der Waals surface area (Å²) in [6, 6.07) is 1.81. The minimum Gasteiger partial charge on any atom is -0.384 e. The van der Waals surface area contributed by atoms with Crippen LogP contribution in [0.15, 0.2) is 6.07 Å². The highest BCUT2D eigenvalue weighted by Gasteiger charge is 2.22. The van der Waals surface area contributed by atoms with Gasteiger partial charge in [-0.2, -0.15) is 0 Å². The Morgan fingerprint density at radius 2 is 2.00 bits per heavy atom. The average molecular weight is 208 g/mol. The van der Waals surface area contributed by atoms with Gasteiger partial charge >= 0.3 is 0 Å². The van der Waals surface area contributed by atoms with Crippen molar-refractivity contribution in [2.24, 2.45) is 0 Å². The van der Waals surface area contributed by atoms with E-state index < -0.39 is 0 Å². The lowest BCUT2D eigenvalue weighted by molar-refractivity contribution is 0.467. The third-order valence-corrected chi connectivity index (χ3v) is 2.96. The van der Waals surface area contributed by atoms with Gasteiger partial charge in [0.05, 0.1) is 0 Å². The van der Waals surface area contributed by atoms with Crippen LogP contribution in [0.5, 0.6) is 0 Å². The number of hydrogen-bond acceptors (Lipinski definition) is 4. The van der Waals surface area contributed by atoms with Crippen LogP contribution in [-0.4, -0.2) is 22.6 Å². The van der Waals surface area contributed by atoms with Crippen molar-refractivity contribution in [2.75, 3.05) is 17.7 Å². The molecule has 0 spiro atoms. The van der Waals surface area contributed by atoms with Gasteiger partial charge < -0.3 is 10.6 Å². The van der Waals surface area contributed by atoms with Crippen molar-refractivity contribution in [3.05, 3.63) is 11.9 Å². The lowest BCUT2D eigenvalue weighted by Crippen LogP contribution is -2.41. The van der Waals surface area contributed by atoms with Gasteiger partial charge in [0, 0.05) is 18.7 Å². The normalized spacial score (nSPS) is 11.5. The molecule has 0 aliphatic carbocycles. The summed E-state index contributed by atoms with van der Waals surface area (Å²) < 4.78 is 0. The van der Waals surface area contributed by atoms with Crippen LogP contribution in [0.1, 0.15) is 33.0 Å². The number of aryl methyl sites for hydroxylation is 1. The molecule has 84 valence electrons. The Morgan fingerprint density at radius 1 is 1.40 bits per heavy atom. The van der Waals surface area contributed by atoms with Crippen LogP contribution < -0.4 is 10.6 Å². The van der Waals surface area contributed by atoms with Gasteiger partial charge in [-0.1, -0.05) is 6.92 Å². The molecular weight excluding hydrogens is 188 g/mol. The fourth-order valence-corrected chi connectivity index (χ4v) is 1.29. The molecule has 0 bridgehead atoms. The Morgan fingerprint density at radius 3 is 2.47 bits per heavy atom. The molecule has 1 aromatic rings. The smallest absolute Gasteiger partial charge is 0.134 e. The van der Waals surface area contributed by atoms with E-state index in [1.165, 1.54) is 0 Å². The zero-order valence-electron chi connectivity index (χ0n) is 10.2. The quantitative estimate of drug-likeness (QED) is 0.825. The highest BCUT2D eigenvalue weighted by atomic mass is 15.2. The number of anilines is 2. The second kappa shape index (κ2) is 4.04. The summed E-state index contributed by atoms with van der Waals surface area (Å²) in [6.45, 7) is 8.38. The molecule has 1 aromatic heterocycles. The number of nitrogens with two attached hydrogens (primary N) is 1. The van der Waals surface area contributed by atoms with Crippen LogP contribution in [0.2, 0.25) is 0 Å². The fraction of sp³-hybridized carbons (Fsp3) is 0.636. The summed E-state index contributed by atoms with van der Waals surface area (Å²) in [4.78, 5) is 10.6. The van der Waals surface area contributed by atoms with E-state index in [9.17, 15) is 0 Å². The molecule has 4 heteroatoms. The molecule has 0 unspecified atom stereocenters. The van der Waals surface area contributed by atoms with E-state index >= 15 is 0 Å². The van der Waals surface area contributed by atoms with Crippen LogP contribution >= 0.6 is 0 Å². The highest BCUT2D eigenvalue weighted by molar-refractivity contribution is 5.48. The number of hydrogen-bond donors (Lipinski definition) is 1. The second-order valence-electron chi connectivity index (χ2n) is 4.42. The Hall–Kier alpha value is -1.32. The van der Waals surface area contributed by atoms with Gasteiger partial charge in [0.25, 0.3) is 0 Å². The van der Waals surface area contributed by atoms with Crippen LogP contribution in [0.4, 0.5) is 11.6 Å². The molecule has 0 saturated heterocycles. The van der Waals surface area contributed by atoms with Crippen molar-refractivity contribution in [1.82, 2.24) is 9.97 Å².